The van der Waals surface area contributed by atoms with Crippen molar-refractivity contribution >= 4 is 38.4 Å². The third-order valence-corrected chi connectivity index (χ3v) is 8.97. The van der Waals surface area contributed by atoms with E-state index in [1.807, 2.05) is 60.8 Å². The van der Waals surface area contributed by atoms with Crippen LogP contribution in [0.5, 0.6) is 5.75 Å². The second kappa shape index (κ2) is 10.1. The molecule has 4 aromatic carbocycles. The van der Waals surface area contributed by atoms with Crippen LogP contribution in [-0.2, 0) is 4.74 Å². The summed E-state index contributed by atoms with van der Waals surface area (Å²) in [5.41, 5.74) is 2.39. The Kier molecular flexibility index (Phi) is 6.24. The van der Waals surface area contributed by atoms with Gasteiger partial charge in [-0.1, -0.05) is 36.4 Å². The van der Waals surface area contributed by atoms with E-state index >= 15 is 0 Å². The number of fused-ring (bicyclic) bond motifs is 6. The number of esters is 1. The van der Waals surface area contributed by atoms with Crippen molar-refractivity contribution in [2.24, 2.45) is 11.8 Å². The zero-order valence-electron chi connectivity index (χ0n) is 22.6. The minimum absolute atomic E-state index is 0.0834. The van der Waals surface area contributed by atoms with Gasteiger partial charge in [-0.3, -0.25) is 9.88 Å². The fraction of sp³-hybridized carbons (Fsp3) is 0.257. The molecule has 5 heteroatoms. The maximum Gasteiger partial charge on any atom is 0.338 e. The molecule has 0 amide bonds. The third kappa shape index (κ3) is 4.31. The summed E-state index contributed by atoms with van der Waals surface area (Å²) in [5, 5.41) is 5.42. The van der Waals surface area contributed by atoms with Crippen LogP contribution < -0.4 is 4.74 Å². The Morgan fingerprint density at radius 3 is 2.55 bits per heavy atom. The Hall–Kier alpha value is -4.22. The van der Waals surface area contributed by atoms with Gasteiger partial charge in [0, 0.05) is 23.7 Å². The molecule has 3 fully saturated rings. The molecule has 0 saturated carbocycles. The van der Waals surface area contributed by atoms with Crippen LogP contribution in [0.25, 0.3) is 32.4 Å². The van der Waals surface area contributed by atoms with Crippen LogP contribution >= 0.6 is 0 Å². The number of hydrogen-bond donors (Lipinski definition) is 0. The quantitative estimate of drug-likeness (QED) is 0.131. The monoisotopic (exact) mass is 528 g/mol. The first-order chi connectivity index (χ1) is 19.6. The Morgan fingerprint density at radius 1 is 1.00 bits per heavy atom. The lowest BCUT2D eigenvalue weighted by atomic mass is 9.73. The van der Waals surface area contributed by atoms with Crippen molar-refractivity contribution in [3.05, 3.63) is 109 Å². The molecule has 40 heavy (non-hydrogen) atoms. The first kappa shape index (κ1) is 24.8. The normalized spacial score (nSPS) is 22.8. The molecule has 0 aliphatic carbocycles. The largest absolute Gasteiger partial charge is 0.497 e. The van der Waals surface area contributed by atoms with E-state index in [9.17, 15) is 4.79 Å². The predicted molar refractivity (Wildman–Crippen MR) is 160 cm³/mol. The van der Waals surface area contributed by atoms with Crippen molar-refractivity contribution in [2.75, 3.05) is 20.2 Å². The molecule has 8 rings (SSSR count). The van der Waals surface area contributed by atoms with Gasteiger partial charge in [-0.2, -0.15) is 0 Å². The summed E-state index contributed by atoms with van der Waals surface area (Å²) < 4.78 is 12.1. The minimum atomic E-state index is -0.439. The molecular formula is C35H32N2O3. The average molecular weight is 529 g/mol. The molecule has 5 atom stereocenters. The van der Waals surface area contributed by atoms with Crippen LogP contribution in [-0.4, -0.2) is 42.1 Å². The number of piperidine rings is 3. The lowest BCUT2D eigenvalue weighted by Gasteiger charge is -2.51. The number of pyridine rings is 1. The smallest absolute Gasteiger partial charge is 0.338 e. The van der Waals surface area contributed by atoms with Gasteiger partial charge in [0.25, 0.3) is 0 Å². The van der Waals surface area contributed by atoms with Gasteiger partial charge in [0.05, 0.1) is 24.2 Å². The lowest BCUT2D eigenvalue weighted by Crippen LogP contribution is -2.55. The topological polar surface area (TPSA) is 51.7 Å². The van der Waals surface area contributed by atoms with Crippen LogP contribution in [0.2, 0.25) is 0 Å². The van der Waals surface area contributed by atoms with Crippen LogP contribution in [0.4, 0.5) is 0 Å². The molecule has 4 heterocycles. The van der Waals surface area contributed by atoms with E-state index < -0.39 is 6.10 Å². The SMILES string of the molecule is C=C[C@H]1CN2CC[C@H]1C[C@@H]2[C@@H](OC(=O)c1ccc2cc3ccccc3cc2c1)c1ccnc2ccc(OC)cc12. The van der Waals surface area contributed by atoms with Crippen LogP contribution in [0, 0.1) is 11.8 Å². The number of carbonyl (C=O) groups excluding carboxylic acids is 1. The third-order valence-electron chi connectivity index (χ3n) is 8.97. The van der Waals surface area contributed by atoms with Gasteiger partial charge < -0.3 is 9.47 Å². The number of rotatable bonds is 6. The van der Waals surface area contributed by atoms with Crippen LogP contribution in [0.3, 0.4) is 0 Å². The molecule has 5 nitrogen and oxygen atoms in total. The summed E-state index contributed by atoms with van der Waals surface area (Å²) in [6.45, 7) is 6.04. The van der Waals surface area contributed by atoms with Gasteiger partial charge in [-0.15, -0.1) is 6.58 Å². The highest BCUT2D eigenvalue weighted by molar-refractivity contribution is 6.01. The molecular weight excluding hydrogens is 496 g/mol. The number of benzene rings is 4. The molecule has 0 N–H and O–H groups in total. The summed E-state index contributed by atoms with van der Waals surface area (Å²) in [6, 6.07) is 26.4. The fourth-order valence-electron chi connectivity index (χ4n) is 6.81. The highest BCUT2D eigenvalue weighted by atomic mass is 16.5. The Labute approximate surface area is 234 Å². The van der Waals surface area contributed by atoms with Gasteiger partial charge in [0.2, 0.25) is 0 Å². The first-order valence-electron chi connectivity index (χ1n) is 14.0. The molecule has 3 aliphatic heterocycles. The molecule has 1 unspecified atom stereocenters. The van der Waals surface area contributed by atoms with Gasteiger partial charge in [-0.05, 0) is 101 Å². The maximum absolute atomic E-state index is 13.9. The van der Waals surface area contributed by atoms with Crippen LogP contribution in [0.1, 0.15) is 34.9 Å². The molecule has 3 aliphatic rings. The summed E-state index contributed by atoms with van der Waals surface area (Å²) in [7, 11) is 1.67. The summed E-state index contributed by atoms with van der Waals surface area (Å²) in [4.78, 5) is 20.9. The van der Waals surface area contributed by atoms with Crippen molar-refractivity contribution in [2.45, 2.75) is 25.0 Å². The average Bonchev–Trinajstić information content (AvgIpc) is 3.01. The number of nitrogens with zero attached hydrogens (tertiary/aromatic N) is 2. The highest BCUT2D eigenvalue weighted by Crippen LogP contribution is 2.44. The second-order valence-electron chi connectivity index (χ2n) is 11.1. The highest BCUT2D eigenvalue weighted by Gasteiger charge is 2.44. The van der Waals surface area contributed by atoms with Crippen molar-refractivity contribution < 1.29 is 14.3 Å². The van der Waals surface area contributed by atoms with E-state index in [1.165, 1.54) is 5.39 Å². The number of ether oxygens (including phenoxy) is 2. The van der Waals surface area contributed by atoms with Crippen molar-refractivity contribution in [1.29, 1.82) is 0 Å². The van der Waals surface area contributed by atoms with Crippen molar-refractivity contribution in [3.8, 4) is 5.75 Å². The predicted octanol–water partition coefficient (Wildman–Crippen LogP) is 7.34. The van der Waals surface area contributed by atoms with Gasteiger partial charge in [0.1, 0.15) is 11.9 Å². The Bertz CT molecular complexity index is 1760. The van der Waals surface area contributed by atoms with E-state index in [0.717, 1.165) is 64.3 Å². The minimum Gasteiger partial charge on any atom is -0.497 e. The molecule has 200 valence electrons. The summed E-state index contributed by atoms with van der Waals surface area (Å²) in [6.07, 6.45) is 5.59. The van der Waals surface area contributed by atoms with E-state index in [-0.39, 0.29) is 12.0 Å². The number of hydrogen-bond acceptors (Lipinski definition) is 5. The molecule has 3 saturated heterocycles. The van der Waals surface area contributed by atoms with Crippen molar-refractivity contribution in [1.82, 2.24) is 9.88 Å². The molecule has 2 bridgehead atoms. The molecule has 1 aromatic heterocycles. The van der Waals surface area contributed by atoms with Crippen molar-refractivity contribution in [3.63, 3.8) is 0 Å². The zero-order chi connectivity index (χ0) is 27.2. The molecule has 0 radical (unpaired) electrons. The van der Waals surface area contributed by atoms with Gasteiger partial charge in [-0.25, -0.2) is 4.79 Å². The summed E-state index contributed by atoms with van der Waals surface area (Å²) in [5.74, 6) is 1.47. The van der Waals surface area contributed by atoms with E-state index in [4.69, 9.17) is 9.47 Å². The van der Waals surface area contributed by atoms with Crippen LogP contribution in [0.15, 0.2) is 97.7 Å². The Balaban J connectivity index is 1.29. The lowest BCUT2D eigenvalue weighted by molar-refractivity contribution is -0.0568. The first-order valence-corrected chi connectivity index (χ1v) is 14.0. The van der Waals surface area contributed by atoms with E-state index in [1.54, 1.807) is 7.11 Å². The number of aromatic nitrogens is 1. The second-order valence-corrected chi connectivity index (χ2v) is 11.1. The van der Waals surface area contributed by atoms with Gasteiger partial charge in [0.15, 0.2) is 0 Å². The maximum atomic E-state index is 13.9. The fourth-order valence-corrected chi connectivity index (χ4v) is 6.81. The molecule has 0 spiro atoms. The summed E-state index contributed by atoms with van der Waals surface area (Å²) >= 11 is 0. The Morgan fingerprint density at radius 2 is 1.80 bits per heavy atom. The number of carbonyl (C=O) groups is 1. The van der Waals surface area contributed by atoms with E-state index in [2.05, 4.69) is 46.8 Å². The molecule has 5 aromatic rings. The standard InChI is InChI=1S/C35H32N2O3/c1-3-22-21-37-15-13-26(22)19-33(37)34(30-12-14-36-32-11-10-29(39-2)20-31(30)32)40-35(38)27-9-8-25-16-23-6-4-5-7-24(23)17-28(25)18-27/h3-12,14,16-18,20,22,26,33-34H,1,13,15,19,21H2,2H3/t22-,26-,33+,34-/m0/s1. The number of methoxy groups -OCH3 is 1. The zero-order valence-corrected chi connectivity index (χ0v) is 22.6. The van der Waals surface area contributed by atoms with E-state index in [0.29, 0.717) is 17.4 Å². The van der Waals surface area contributed by atoms with Gasteiger partial charge >= 0.3 is 5.97 Å².